The first-order valence-electron chi connectivity index (χ1n) is 3.90. The zero-order chi connectivity index (χ0) is 8.97. The van der Waals surface area contributed by atoms with E-state index < -0.39 is 6.10 Å². The van der Waals surface area contributed by atoms with Gasteiger partial charge in [0.1, 0.15) is 6.10 Å². The summed E-state index contributed by atoms with van der Waals surface area (Å²) < 4.78 is 10.1. The Morgan fingerprint density at radius 2 is 2.58 bits per heavy atom. The van der Waals surface area contributed by atoms with Crippen LogP contribution in [0.4, 0.5) is 0 Å². The summed E-state index contributed by atoms with van der Waals surface area (Å²) in [6, 6.07) is 0. The lowest BCUT2D eigenvalue weighted by Gasteiger charge is -2.15. The fourth-order valence-electron chi connectivity index (χ4n) is 1.39. The first-order chi connectivity index (χ1) is 5.79. The third-order valence-corrected chi connectivity index (χ3v) is 2.00. The molecule has 0 aromatic heterocycles. The van der Waals surface area contributed by atoms with E-state index in [1.807, 2.05) is 0 Å². The van der Waals surface area contributed by atoms with Crippen molar-refractivity contribution in [2.45, 2.75) is 12.5 Å². The van der Waals surface area contributed by atoms with Gasteiger partial charge in [-0.25, -0.2) is 5.84 Å². The minimum absolute atomic E-state index is 0.138. The standard InChI is InChI=1S/C7H14N2O3/c1-11-4-5-2-3-12-6(5)7(10)9-8/h5-6H,2-4,8H2,1H3,(H,9,10)/t5-,6-/m1/s1. The molecule has 0 spiro atoms. The van der Waals surface area contributed by atoms with E-state index >= 15 is 0 Å². The largest absolute Gasteiger partial charge is 0.384 e. The first-order valence-corrected chi connectivity index (χ1v) is 3.90. The lowest BCUT2D eigenvalue weighted by Crippen LogP contribution is -2.42. The van der Waals surface area contributed by atoms with Crippen molar-refractivity contribution < 1.29 is 14.3 Å². The van der Waals surface area contributed by atoms with Crippen molar-refractivity contribution in [2.75, 3.05) is 20.3 Å². The number of ether oxygens (including phenoxy) is 2. The van der Waals surface area contributed by atoms with Crippen LogP contribution in [0.25, 0.3) is 0 Å². The van der Waals surface area contributed by atoms with Crippen LogP contribution in [0.5, 0.6) is 0 Å². The molecule has 70 valence electrons. The number of methoxy groups -OCH3 is 1. The molecule has 1 fully saturated rings. The number of nitrogens with two attached hydrogens (primary N) is 1. The Hall–Kier alpha value is -0.650. The molecule has 0 unspecified atom stereocenters. The van der Waals surface area contributed by atoms with Crippen LogP contribution in [0.3, 0.4) is 0 Å². The summed E-state index contributed by atoms with van der Waals surface area (Å²) in [7, 11) is 1.61. The van der Waals surface area contributed by atoms with Crippen LogP contribution in [0.2, 0.25) is 0 Å². The third kappa shape index (κ3) is 1.94. The molecule has 1 heterocycles. The molecule has 0 bridgehead atoms. The summed E-state index contributed by atoms with van der Waals surface area (Å²) in [5.74, 6) is 4.86. The van der Waals surface area contributed by atoms with Crippen molar-refractivity contribution in [2.24, 2.45) is 11.8 Å². The molecule has 0 aromatic carbocycles. The van der Waals surface area contributed by atoms with Gasteiger partial charge in [0, 0.05) is 19.6 Å². The molecular formula is C7H14N2O3. The summed E-state index contributed by atoms with van der Waals surface area (Å²) in [5.41, 5.74) is 2.08. The SMILES string of the molecule is COC[C@H]1CCO[C@H]1C(=O)NN. The van der Waals surface area contributed by atoms with Gasteiger partial charge in [-0.15, -0.1) is 0 Å². The molecule has 0 radical (unpaired) electrons. The van der Waals surface area contributed by atoms with Crippen molar-refractivity contribution in [3.05, 3.63) is 0 Å². The second kappa shape index (κ2) is 4.39. The van der Waals surface area contributed by atoms with Crippen molar-refractivity contribution >= 4 is 5.91 Å². The maximum absolute atomic E-state index is 11.1. The van der Waals surface area contributed by atoms with Crippen molar-refractivity contribution in [3.63, 3.8) is 0 Å². The van der Waals surface area contributed by atoms with Gasteiger partial charge in [-0.1, -0.05) is 0 Å². The molecule has 2 atom stereocenters. The first kappa shape index (κ1) is 9.44. The van der Waals surface area contributed by atoms with E-state index in [0.29, 0.717) is 13.2 Å². The highest BCUT2D eigenvalue weighted by Crippen LogP contribution is 2.20. The van der Waals surface area contributed by atoms with E-state index in [1.54, 1.807) is 7.11 Å². The number of nitrogens with one attached hydrogen (secondary N) is 1. The van der Waals surface area contributed by atoms with Gasteiger partial charge in [-0.05, 0) is 6.42 Å². The Kier molecular flexibility index (Phi) is 3.46. The van der Waals surface area contributed by atoms with E-state index in [9.17, 15) is 4.79 Å². The predicted octanol–water partition coefficient (Wildman–Crippen LogP) is -0.972. The summed E-state index contributed by atoms with van der Waals surface area (Å²) in [6.07, 6.45) is 0.418. The number of hydrogen-bond donors (Lipinski definition) is 2. The van der Waals surface area contributed by atoms with Crippen molar-refractivity contribution in [1.29, 1.82) is 0 Å². The predicted molar refractivity (Wildman–Crippen MR) is 42.1 cm³/mol. The number of carbonyl (C=O) groups excluding carboxylic acids is 1. The molecule has 1 aliphatic heterocycles. The van der Waals surface area contributed by atoms with Gasteiger partial charge in [0.25, 0.3) is 5.91 Å². The van der Waals surface area contributed by atoms with Crippen LogP contribution in [-0.4, -0.2) is 32.3 Å². The average Bonchev–Trinajstić information content (AvgIpc) is 2.52. The Bertz CT molecular complexity index is 163. The van der Waals surface area contributed by atoms with Crippen molar-refractivity contribution in [1.82, 2.24) is 5.43 Å². The van der Waals surface area contributed by atoms with Gasteiger partial charge < -0.3 is 9.47 Å². The number of hydrogen-bond acceptors (Lipinski definition) is 4. The smallest absolute Gasteiger partial charge is 0.263 e. The van der Waals surface area contributed by atoms with Gasteiger partial charge in [-0.3, -0.25) is 10.2 Å². The fraction of sp³-hybridized carbons (Fsp3) is 0.857. The zero-order valence-corrected chi connectivity index (χ0v) is 7.08. The highest BCUT2D eigenvalue weighted by atomic mass is 16.5. The average molecular weight is 174 g/mol. The fourth-order valence-corrected chi connectivity index (χ4v) is 1.39. The normalized spacial score (nSPS) is 28.8. The number of amides is 1. The Balaban J connectivity index is 2.45. The van der Waals surface area contributed by atoms with E-state index in [4.69, 9.17) is 15.3 Å². The molecule has 12 heavy (non-hydrogen) atoms. The zero-order valence-electron chi connectivity index (χ0n) is 7.08. The van der Waals surface area contributed by atoms with Gasteiger partial charge in [0.05, 0.1) is 6.61 Å². The molecule has 5 nitrogen and oxygen atoms in total. The molecule has 1 amide bonds. The lowest BCUT2D eigenvalue weighted by molar-refractivity contribution is -0.132. The molecule has 0 saturated carbocycles. The van der Waals surface area contributed by atoms with Crippen LogP contribution in [-0.2, 0) is 14.3 Å². The lowest BCUT2D eigenvalue weighted by atomic mass is 10.0. The minimum atomic E-state index is -0.435. The van der Waals surface area contributed by atoms with Gasteiger partial charge in [-0.2, -0.15) is 0 Å². The molecule has 3 N–H and O–H groups in total. The van der Waals surface area contributed by atoms with Crippen LogP contribution in [0, 0.1) is 5.92 Å². The maximum Gasteiger partial charge on any atom is 0.263 e. The van der Waals surface area contributed by atoms with Crippen LogP contribution < -0.4 is 11.3 Å². The number of hydrazine groups is 1. The third-order valence-electron chi connectivity index (χ3n) is 2.00. The molecule has 1 saturated heterocycles. The molecule has 5 heteroatoms. The van der Waals surface area contributed by atoms with E-state index in [-0.39, 0.29) is 11.8 Å². The van der Waals surface area contributed by atoms with Gasteiger partial charge in [0.2, 0.25) is 0 Å². The van der Waals surface area contributed by atoms with Crippen LogP contribution in [0.15, 0.2) is 0 Å². The van der Waals surface area contributed by atoms with Gasteiger partial charge >= 0.3 is 0 Å². The van der Waals surface area contributed by atoms with E-state index in [1.165, 1.54) is 0 Å². The Morgan fingerprint density at radius 1 is 1.83 bits per heavy atom. The number of rotatable bonds is 3. The summed E-state index contributed by atoms with van der Waals surface area (Å²) >= 11 is 0. The van der Waals surface area contributed by atoms with Crippen LogP contribution >= 0.6 is 0 Å². The van der Waals surface area contributed by atoms with Crippen molar-refractivity contribution in [3.8, 4) is 0 Å². The maximum atomic E-state index is 11.1. The second-order valence-corrected chi connectivity index (χ2v) is 2.80. The molecular weight excluding hydrogens is 160 g/mol. The monoisotopic (exact) mass is 174 g/mol. The van der Waals surface area contributed by atoms with Gasteiger partial charge in [0.15, 0.2) is 0 Å². The molecule has 1 rings (SSSR count). The quantitative estimate of drug-likeness (QED) is 0.328. The topological polar surface area (TPSA) is 73.6 Å². The highest BCUT2D eigenvalue weighted by molar-refractivity contribution is 5.80. The highest BCUT2D eigenvalue weighted by Gasteiger charge is 2.33. The Labute approximate surface area is 71.2 Å². The Morgan fingerprint density at radius 3 is 3.17 bits per heavy atom. The van der Waals surface area contributed by atoms with Crippen LogP contribution in [0.1, 0.15) is 6.42 Å². The van der Waals surface area contributed by atoms with E-state index in [0.717, 1.165) is 6.42 Å². The second-order valence-electron chi connectivity index (χ2n) is 2.80. The van der Waals surface area contributed by atoms with E-state index in [2.05, 4.69) is 5.43 Å². The summed E-state index contributed by atoms with van der Waals surface area (Å²) in [4.78, 5) is 11.1. The molecule has 0 aliphatic carbocycles. The molecule has 0 aromatic rings. The summed E-state index contributed by atoms with van der Waals surface area (Å²) in [5, 5.41) is 0. The summed E-state index contributed by atoms with van der Waals surface area (Å²) in [6.45, 7) is 1.14. The minimum Gasteiger partial charge on any atom is -0.384 e. The number of carbonyl (C=O) groups is 1. The molecule has 1 aliphatic rings.